The van der Waals surface area contributed by atoms with Crippen molar-refractivity contribution in [3.8, 4) is 0 Å². The van der Waals surface area contributed by atoms with E-state index in [1.54, 1.807) is 0 Å². The Morgan fingerprint density at radius 3 is 3.20 bits per heavy atom. The van der Waals surface area contributed by atoms with Gasteiger partial charge in [0.1, 0.15) is 12.6 Å². The summed E-state index contributed by atoms with van der Waals surface area (Å²) < 4.78 is 9.92. The molecule has 58 valence electrons. The molecule has 1 atom stereocenters. The van der Waals surface area contributed by atoms with Gasteiger partial charge in [0.05, 0.1) is 13.2 Å². The number of ether oxygens (including phenoxy) is 2. The lowest BCUT2D eigenvalue weighted by Crippen LogP contribution is -2.10. The van der Waals surface area contributed by atoms with Gasteiger partial charge in [0.25, 0.3) is 0 Å². The molecule has 0 aliphatic carbocycles. The highest BCUT2D eigenvalue weighted by Crippen LogP contribution is 2.03. The molecule has 1 N–H and O–H groups in total. The van der Waals surface area contributed by atoms with E-state index in [-0.39, 0.29) is 12.6 Å². The normalized spacial score (nSPS) is 23.8. The first-order valence-electron chi connectivity index (χ1n) is 3.31. The van der Waals surface area contributed by atoms with Crippen molar-refractivity contribution in [2.45, 2.75) is 13.0 Å². The molecule has 0 amide bonds. The van der Waals surface area contributed by atoms with Gasteiger partial charge in [0.2, 0.25) is 0 Å². The molecule has 1 aliphatic rings. The minimum atomic E-state index is -0.124. The first-order chi connectivity index (χ1) is 4.86. The molecule has 0 radical (unpaired) electrons. The van der Waals surface area contributed by atoms with Crippen molar-refractivity contribution >= 4 is 6.08 Å². The summed E-state index contributed by atoms with van der Waals surface area (Å²) >= 11 is 0. The fourth-order valence-corrected chi connectivity index (χ4v) is 0.687. The van der Waals surface area contributed by atoms with Crippen LogP contribution in [0.3, 0.4) is 0 Å². The Kier molecular flexibility index (Phi) is 2.50. The Balaban J connectivity index is 2.33. The smallest absolute Gasteiger partial charge is 0.384 e. The summed E-state index contributed by atoms with van der Waals surface area (Å²) in [7, 11) is 0. The van der Waals surface area contributed by atoms with Crippen LogP contribution in [-0.4, -0.2) is 37.1 Å². The molecule has 0 fully saturated rings. The summed E-state index contributed by atoms with van der Waals surface area (Å²) in [6, 6.07) is -0.124. The van der Waals surface area contributed by atoms with E-state index in [0.717, 1.165) is 0 Å². The van der Waals surface area contributed by atoms with Crippen molar-refractivity contribution < 1.29 is 14.6 Å². The molecular weight excluding hydrogens is 134 g/mol. The molecule has 10 heavy (non-hydrogen) atoms. The highest BCUT2D eigenvalue weighted by Gasteiger charge is 2.18. The molecule has 0 bridgehead atoms. The van der Waals surface area contributed by atoms with Crippen LogP contribution in [0.1, 0.15) is 6.92 Å². The summed E-state index contributed by atoms with van der Waals surface area (Å²) in [4.78, 5) is 3.92. The minimum Gasteiger partial charge on any atom is -0.451 e. The van der Waals surface area contributed by atoms with E-state index in [2.05, 4.69) is 4.99 Å². The lowest BCUT2D eigenvalue weighted by Gasteiger charge is -1.98. The first-order valence-corrected chi connectivity index (χ1v) is 3.31. The quantitative estimate of drug-likeness (QED) is 0.584. The third-order valence-electron chi connectivity index (χ3n) is 1.17. The standard InChI is InChI=1S/C6H11NO3/c1-2-9-6-7-5(3-8)4-10-6/h5,8H,2-4H2,1H3/t5-/m1/s1. The maximum absolute atomic E-state index is 8.61. The van der Waals surface area contributed by atoms with Gasteiger partial charge in [0.15, 0.2) is 0 Å². The molecule has 4 heteroatoms. The molecule has 0 saturated carbocycles. The Morgan fingerprint density at radius 1 is 1.90 bits per heavy atom. The van der Waals surface area contributed by atoms with Crippen molar-refractivity contribution in [1.82, 2.24) is 0 Å². The monoisotopic (exact) mass is 145 g/mol. The fraction of sp³-hybridized carbons (Fsp3) is 0.833. The molecule has 4 nitrogen and oxygen atoms in total. The predicted octanol–water partition coefficient (Wildman–Crippen LogP) is -0.230. The van der Waals surface area contributed by atoms with Gasteiger partial charge >= 0.3 is 6.08 Å². The number of nitrogens with zero attached hydrogens (tertiary/aromatic N) is 1. The van der Waals surface area contributed by atoms with Crippen LogP contribution in [0.4, 0.5) is 0 Å². The highest BCUT2D eigenvalue weighted by atomic mass is 16.7. The van der Waals surface area contributed by atoms with E-state index in [0.29, 0.717) is 19.3 Å². The molecule has 0 spiro atoms. The maximum Gasteiger partial charge on any atom is 0.384 e. The average molecular weight is 145 g/mol. The molecule has 0 aromatic carbocycles. The number of rotatable bonds is 2. The van der Waals surface area contributed by atoms with Gasteiger partial charge in [0, 0.05) is 0 Å². The molecule has 1 heterocycles. The average Bonchev–Trinajstić information content (AvgIpc) is 2.37. The van der Waals surface area contributed by atoms with Crippen LogP contribution in [0, 0.1) is 0 Å². The first kappa shape index (κ1) is 7.34. The number of aliphatic hydroxyl groups excluding tert-OH is 1. The van der Waals surface area contributed by atoms with E-state index < -0.39 is 0 Å². The topological polar surface area (TPSA) is 51.0 Å². The summed E-state index contributed by atoms with van der Waals surface area (Å²) in [5.41, 5.74) is 0. The van der Waals surface area contributed by atoms with Gasteiger partial charge in [-0.25, -0.2) is 4.99 Å². The van der Waals surface area contributed by atoms with Crippen molar-refractivity contribution in [2.75, 3.05) is 19.8 Å². The maximum atomic E-state index is 8.61. The van der Waals surface area contributed by atoms with Gasteiger partial charge < -0.3 is 14.6 Å². The van der Waals surface area contributed by atoms with Crippen LogP contribution in [0.15, 0.2) is 4.99 Å². The third-order valence-corrected chi connectivity index (χ3v) is 1.17. The van der Waals surface area contributed by atoms with E-state index in [4.69, 9.17) is 14.6 Å². The lowest BCUT2D eigenvalue weighted by atomic mass is 10.4. The zero-order valence-electron chi connectivity index (χ0n) is 5.91. The van der Waals surface area contributed by atoms with Crippen molar-refractivity contribution in [3.05, 3.63) is 0 Å². The molecule has 0 aromatic rings. The molecule has 0 unspecified atom stereocenters. The Hall–Kier alpha value is -0.770. The Morgan fingerprint density at radius 2 is 2.70 bits per heavy atom. The number of aliphatic imine (C=N–C) groups is 1. The zero-order valence-corrected chi connectivity index (χ0v) is 5.91. The van der Waals surface area contributed by atoms with Crippen LogP contribution in [0.25, 0.3) is 0 Å². The number of hydrogen-bond donors (Lipinski definition) is 1. The molecule has 1 aliphatic heterocycles. The summed E-state index contributed by atoms with van der Waals surface area (Å²) in [6.07, 6.45) is 0.307. The van der Waals surface area contributed by atoms with Crippen LogP contribution in [0.5, 0.6) is 0 Å². The van der Waals surface area contributed by atoms with Crippen LogP contribution >= 0.6 is 0 Å². The van der Waals surface area contributed by atoms with Gasteiger partial charge in [-0.15, -0.1) is 0 Å². The second-order valence-corrected chi connectivity index (χ2v) is 1.98. The van der Waals surface area contributed by atoms with E-state index in [1.165, 1.54) is 0 Å². The highest BCUT2D eigenvalue weighted by molar-refractivity contribution is 5.68. The summed E-state index contributed by atoms with van der Waals surface area (Å²) in [5, 5.41) is 8.61. The van der Waals surface area contributed by atoms with Crippen LogP contribution in [0.2, 0.25) is 0 Å². The SMILES string of the molecule is CCOC1=N[C@H](CO)CO1. The Bertz CT molecular complexity index is 135. The summed E-state index contributed by atoms with van der Waals surface area (Å²) in [6.45, 7) is 2.87. The van der Waals surface area contributed by atoms with Gasteiger partial charge in [-0.05, 0) is 6.92 Å². The van der Waals surface area contributed by atoms with Gasteiger partial charge in [-0.3, -0.25) is 0 Å². The van der Waals surface area contributed by atoms with Crippen LogP contribution in [-0.2, 0) is 9.47 Å². The second kappa shape index (κ2) is 3.41. The lowest BCUT2D eigenvalue weighted by molar-refractivity contribution is 0.179. The molecular formula is C6H11NO3. The minimum absolute atomic E-state index is 0.0244. The number of hydrogen-bond acceptors (Lipinski definition) is 4. The van der Waals surface area contributed by atoms with Gasteiger partial charge in [-0.2, -0.15) is 0 Å². The van der Waals surface area contributed by atoms with Crippen molar-refractivity contribution in [2.24, 2.45) is 4.99 Å². The third kappa shape index (κ3) is 1.60. The molecule has 1 rings (SSSR count). The van der Waals surface area contributed by atoms with Gasteiger partial charge in [-0.1, -0.05) is 0 Å². The molecule has 0 aromatic heterocycles. The molecule has 0 saturated heterocycles. The number of aliphatic hydroxyl groups is 1. The fourth-order valence-electron chi connectivity index (χ4n) is 0.687. The van der Waals surface area contributed by atoms with E-state index in [9.17, 15) is 0 Å². The van der Waals surface area contributed by atoms with Crippen molar-refractivity contribution in [1.29, 1.82) is 0 Å². The van der Waals surface area contributed by atoms with E-state index >= 15 is 0 Å². The zero-order chi connectivity index (χ0) is 7.40. The summed E-state index contributed by atoms with van der Waals surface area (Å²) in [5.74, 6) is 0. The largest absolute Gasteiger partial charge is 0.451 e. The van der Waals surface area contributed by atoms with E-state index in [1.807, 2.05) is 6.92 Å². The Labute approximate surface area is 59.5 Å². The van der Waals surface area contributed by atoms with Crippen molar-refractivity contribution in [3.63, 3.8) is 0 Å². The van der Waals surface area contributed by atoms with Crippen LogP contribution < -0.4 is 0 Å². The second-order valence-electron chi connectivity index (χ2n) is 1.98. The predicted molar refractivity (Wildman–Crippen MR) is 35.9 cm³/mol.